The van der Waals surface area contributed by atoms with Gasteiger partial charge in [-0.3, -0.25) is 4.79 Å². The zero-order chi connectivity index (χ0) is 32.4. The summed E-state index contributed by atoms with van der Waals surface area (Å²) in [4.78, 5) is 24.8. The molecule has 1 amide bonds. The van der Waals surface area contributed by atoms with Gasteiger partial charge in [0.05, 0.1) is 26.2 Å². The highest BCUT2D eigenvalue weighted by atomic mass is 19.4. The van der Waals surface area contributed by atoms with E-state index in [0.29, 0.717) is 18.8 Å². The van der Waals surface area contributed by atoms with Crippen molar-refractivity contribution in [1.29, 1.82) is 0 Å². The molecule has 0 unspecified atom stereocenters. The second-order valence-electron chi connectivity index (χ2n) is 10.1. The molecule has 236 valence electrons. The van der Waals surface area contributed by atoms with Gasteiger partial charge in [0.25, 0.3) is 0 Å². The largest absolute Gasteiger partial charge is 0.497 e. The predicted molar refractivity (Wildman–Crippen MR) is 162 cm³/mol. The average Bonchev–Trinajstić information content (AvgIpc) is 3.64. The number of carbonyl (C=O) groups is 2. The minimum absolute atomic E-state index is 0.0993. The van der Waals surface area contributed by atoms with Gasteiger partial charge in [-0.25, -0.2) is 4.79 Å². The average molecular weight is 623 g/mol. The van der Waals surface area contributed by atoms with E-state index in [4.69, 9.17) is 20.4 Å². The minimum Gasteiger partial charge on any atom is -0.497 e. The van der Waals surface area contributed by atoms with Crippen LogP contribution in [0, 0.1) is 0 Å². The van der Waals surface area contributed by atoms with Gasteiger partial charge in [0.15, 0.2) is 5.82 Å². The van der Waals surface area contributed by atoms with Crippen molar-refractivity contribution < 1.29 is 32.6 Å². The lowest BCUT2D eigenvalue weighted by Gasteiger charge is -2.20. The number of amides is 1. The van der Waals surface area contributed by atoms with Crippen LogP contribution < -0.4 is 15.8 Å². The molecule has 0 saturated carbocycles. The summed E-state index contributed by atoms with van der Waals surface area (Å²) in [5.41, 5.74) is 10.2. The molecule has 1 atom stereocenters. The topological polar surface area (TPSA) is 148 Å². The number of hydrogen-bond donors (Lipinski definition) is 4. The van der Waals surface area contributed by atoms with Crippen molar-refractivity contribution in [2.45, 2.75) is 38.0 Å². The highest BCUT2D eigenvalue weighted by Crippen LogP contribution is 2.26. The third-order valence-corrected chi connectivity index (χ3v) is 7.01. The molecule has 45 heavy (non-hydrogen) atoms. The fourth-order valence-corrected chi connectivity index (χ4v) is 4.76. The second-order valence-corrected chi connectivity index (χ2v) is 10.1. The summed E-state index contributed by atoms with van der Waals surface area (Å²) in [5, 5.41) is 20.6. The van der Waals surface area contributed by atoms with E-state index in [0.717, 1.165) is 46.4 Å². The van der Waals surface area contributed by atoms with Crippen LogP contribution in [-0.2, 0) is 35.4 Å². The van der Waals surface area contributed by atoms with Gasteiger partial charge in [-0.15, -0.1) is 10.2 Å². The fraction of sp³-hybridized carbons (Fsp3) is 0.250. The third kappa shape index (κ3) is 8.92. The molecule has 2 heterocycles. The molecule has 0 fully saturated rings. The van der Waals surface area contributed by atoms with Crippen molar-refractivity contribution in [3.63, 3.8) is 0 Å². The van der Waals surface area contributed by atoms with Crippen LogP contribution in [0.15, 0.2) is 85.1 Å². The van der Waals surface area contributed by atoms with E-state index in [1.807, 2.05) is 66.9 Å². The number of aromatic nitrogens is 4. The van der Waals surface area contributed by atoms with E-state index in [9.17, 15) is 18.0 Å². The summed E-state index contributed by atoms with van der Waals surface area (Å²) in [7, 11) is 1.66. The monoisotopic (exact) mass is 622 g/mol. The number of hydrogen-bond acceptors (Lipinski definition) is 6. The first-order chi connectivity index (χ1) is 21.6. The van der Waals surface area contributed by atoms with Crippen molar-refractivity contribution >= 4 is 22.8 Å². The molecule has 0 bridgehead atoms. The van der Waals surface area contributed by atoms with Crippen molar-refractivity contribution in [3.8, 4) is 5.75 Å². The molecule has 2 aromatic heterocycles. The Kier molecular flexibility index (Phi) is 10.9. The molecule has 5 aromatic rings. The Morgan fingerprint density at radius 2 is 1.64 bits per heavy atom. The lowest BCUT2D eigenvalue weighted by molar-refractivity contribution is -0.192. The third-order valence-electron chi connectivity index (χ3n) is 7.01. The Hall–Kier alpha value is -5.17. The zero-order valence-corrected chi connectivity index (χ0v) is 24.4. The number of H-pyrrole nitrogens is 1. The summed E-state index contributed by atoms with van der Waals surface area (Å²) >= 11 is 0. The lowest BCUT2D eigenvalue weighted by Crippen LogP contribution is -2.36. The van der Waals surface area contributed by atoms with Gasteiger partial charge in [0, 0.05) is 29.9 Å². The molecular weight excluding hydrogens is 589 g/mol. The molecule has 0 saturated heterocycles. The number of carboxylic acid groups (broad SMARTS) is 1. The number of ether oxygens (including phenoxy) is 1. The summed E-state index contributed by atoms with van der Waals surface area (Å²) in [6, 6.07) is 26.0. The van der Waals surface area contributed by atoms with Gasteiger partial charge >= 0.3 is 12.1 Å². The normalized spacial score (nSPS) is 11.8. The number of rotatable bonds is 11. The molecule has 5 rings (SSSR count). The number of nitrogens with zero attached hydrogens (tertiary/aromatic N) is 3. The van der Waals surface area contributed by atoms with Crippen molar-refractivity contribution in [2.75, 3.05) is 13.7 Å². The Morgan fingerprint density at radius 1 is 0.978 bits per heavy atom. The van der Waals surface area contributed by atoms with E-state index in [2.05, 4.69) is 43.3 Å². The molecule has 10 nitrogen and oxygen atoms in total. The highest BCUT2D eigenvalue weighted by Gasteiger charge is 2.38. The SMILES string of the molecule is COc1ccc(Cn2c(CCc3ccccc3)nnc2[C@@H](Cc2c[nH]c3ccccc23)NC(=O)CN)cc1.O=C(O)C(F)(F)F. The first-order valence-electron chi connectivity index (χ1n) is 14.0. The minimum atomic E-state index is -5.08. The number of alkyl halides is 3. The molecule has 3 aromatic carbocycles. The Labute approximate surface area is 257 Å². The van der Waals surface area contributed by atoms with E-state index in [1.165, 1.54) is 5.56 Å². The maximum absolute atomic E-state index is 12.5. The summed E-state index contributed by atoms with van der Waals surface area (Å²) in [5.74, 6) is -0.622. The van der Waals surface area contributed by atoms with Crippen LogP contribution in [0.2, 0.25) is 0 Å². The molecule has 0 radical (unpaired) electrons. The van der Waals surface area contributed by atoms with Crippen molar-refractivity contribution in [1.82, 2.24) is 25.1 Å². The number of halogens is 3. The van der Waals surface area contributed by atoms with Gasteiger partial charge in [-0.1, -0.05) is 60.7 Å². The van der Waals surface area contributed by atoms with Crippen molar-refractivity contribution in [2.24, 2.45) is 5.73 Å². The molecule has 0 aliphatic carbocycles. The van der Waals surface area contributed by atoms with Gasteiger partial charge in [0.1, 0.15) is 11.6 Å². The number of aliphatic carboxylic acids is 1. The lowest BCUT2D eigenvalue weighted by atomic mass is 10.0. The second kappa shape index (κ2) is 15.0. The molecular formula is C32H33F3N6O4. The number of aryl methyl sites for hydroxylation is 2. The van der Waals surface area contributed by atoms with E-state index < -0.39 is 18.2 Å². The number of nitrogens with one attached hydrogen (secondary N) is 2. The van der Waals surface area contributed by atoms with Gasteiger partial charge < -0.3 is 30.4 Å². The van der Waals surface area contributed by atoms with E-state index in [-0.39, 0.29) is 12.5 Å². The number of aromatic amines is 1. The van der Waals surface area contributed by atoms with E-state index >= 15 is 0 Å². The first-order valence-corrected chi connectivity index (χ1v) is 14.0. The van der Waals surface area contributed by atoms with Crippen LogP contribution in [0.5, 0.6) is 5.75 Å². The summed E-state index contributed by atoms with van der Waals surface area (Å²) < 4.78 is 39.2. The molecule has 0 aliphatic rings. The predicted octanol–water partition coefficient (Wildman–Crippen LogP) is 4.59. The van der Waals surface area contributed by atoms with Crippen LogP contribution in [0.3, 0.4) is 0 Å². The first kappa shape index (κ1) is 32.7. The number of para-hydroxylation sites is 1. The highest BCUT2D eigenvalue weighted by molar-refractivity contribution is 5.83. The molecule has 5 N–H and O–H groups in total. The number of fused-ring (bicyclic) bond motifs is 1. The molecule has 13 heteroatoms. The smallest absolute Gasteiger partial charge is 0.490 e. The standard InChI is InChI=1S/C30H32N6O2.C2HF3O2/c1-38-24-14-11-22(12-15-24)20-36-28(16-13-21-7-3-2-4-8-21)34-35-30(36)27(33-29(37)18-31)17-23-19-32-26-10-6-5-9-25(23)26;3-2(4,5)1(6)7/h2-12,14-15,19,27,32H,13,16-18,20,31H2,1H3,(H,33,37);(H,6,7)/t27-;/m1./s1. The number of benzene rings is 3. The van der Waals surface area contributed by atoms with Crippen LogP contribution in [-0.4, -0.2) is 56.6 Å². The quantitative estimate of drug-likeness (QED) is 0.168. The zero-order valence-electron chi connectivity index (χ0n) is 24.4. The van der Waals surface area contributed by atoms with Crippen LogP contribution in [0.4, 0.5) is 13.2 Å². The Morgan fingerprint density at radius 3 is 2.29 bits per heavy atom. The van der Waals surface area contributed by atoms with Crippen LogP contribution in [0.1, 0.15) is 34.4 Å². The van der Waals surface area contributed by atoms with Gasteiger partial charge in [-0.05, 0) is 41.3 Å². The summed E-state index contributed by atoms with van der Waals surface area (Å²) in [6.07, 6.45) is -0.983. The van der Waals surface area contributed by atoms with Crippen LogP contribution in [0.25, 0.3) is 10.9 Å². The number of carboxylic acids is 1. The number of nitrogens with two attached hydrogens (primary N) is 1. The summed E-state index contributed by atoms with van der Waals surface area (Å²) in [6.45, 7) is 0.469. The Balaban J connectivity index is 0.000000591. The van der Waals surface area contributed by atoms with Crippen LogP contribution >= 0.6 is 0 Å². The van der Waals surface area contributed by atoms with Gasteiger partial charge in [0.2, 0.25) is 5.91 Å². The molecule has 0 spiro atoms. The van der Waals surface area contributed by atoms with Crippen molar-refractivity contribution in [3.05, 3.63) is 113 Å². The number of carbonyl (C=O) groups excluding carboxylic acids is 1. The Bertz CT molecular complexity index is 1700. The van der Waals surface area contributed by atoms with Gasteiger partial charge in [-0.2, -0.15) is 13.2 Å². The fourth-order valence-electron chi connectivity index (χ4n) is 4.76. The molecule has 0 aliphatic heterocycles. The van der Waals surface area contributed by atoms with E-state index in [1.54, 1.807) is 7.11 Å². The maximum atomic E-state index is 12.5. The maximum Gasteiger partial charge on any atom is 0.490 e. The number of methoxy groups -OCH3 is 1.